The van der Waals surface area contributed by atoms with E-state index in [0.29, 0.717) is 13.0 Å². The van der Waals surface area contributed by atoms with Gasteiger partial charge in [0.05, 0.1) is 17.3 Å². The van der Waals surface area contributed by atoms with Gasteiger partial charge < -0.3 is 10.1 Å². The van der Waals surface area contributed by atoms with Crippen molar-refractivity contribution in [2.24, 2.45) is 0 Å². The number of nitrogens with one attached hydrogen (secondary N) is 2. The fourth-order valence-corrected chi connectivity index (χ4v) is 3.52. The number of halogens is 1. The third-order valence-electron chi connectivity index (χ3n) is 2.59. The van der Waals surface area contributed by atoms with Crippen molar-refractivity contribution in [3.63, 3.8) is 0 Å². The minimum atomic E-state index is -3.41. The summed E-state index contributed by atoms with van der Waals surface area (Å²) in [6.45, 7) is 0.396. The van der Waals surface area contributed by atoms with E-state index >= 15 is 0 Å². The van der Waals surface area contributed by atoms with Gasteiger partial charge in [-0.25, -0.2) is 8.42 Å². The molecule has 0 fully saturated rings. The van der Waals surface area contributed by atoms with Crippen LogP contribution in [0.1, 0.15) is 12.8 Å². The minimum Gasteiger partial charge on any atom is -0.492 e. The highest BCUT2D eigenvalue weighted by Crippen LogP contribution is 2.24. The van der Waals surface area contributed by atoms with Crippen LogP contribution >= 0.6 is 27.3 Å². The zero-order valence-electron chi connectivity index (χ0n) is 12.7. The number of rotatable bonds is 8. The molecule has 1 amide bonds. The smallest absolute Gasteiger partial charge is 0.231 e. The molecule has 0 radical (unpaired) electrons. The van der Waals surface area contributed by atoms with Crippen LogP contribution in [0.5, 0.6) is 5.75 Å². The van der Waals surface area contributed by atoms with E-state index in [9.17, 15) is 13.2 Å². The molecule has 0 aliphatic rings. The van der Waals surface area contributed by atoms with Gasteiger partial charge in [0.2, 0.25) is 26.2 Å². The van der Waals surface area contributed by atoms with Gasteiger partial charge in [0.1, 0.15) is 5.75 Å². The predicted octanol–water partition coefficient (Wildman–Crippen LogP) is 2.47. The van der Waals surface area contributed by atoms with E-state index in [1.165, 1.54) is 0 Å². The molecule has 130 valence electrons. The molecule has 0 bridgehead atoms. The normalized spacial score (nSPS) is 11.1. The molecule has 0 aliphatic carbocycles. The summed E-state index contributed by atoms with van der Waals surface area (Å²) in [7, 11) is -3.41. The van der Waals surface area contributed by atoms with Crippen LogP contribution in [0, 0.1) is 0 Å². The highest BCUT2D eigenvalue weighted by Gasteiger charge is 2.11. The fourth-order valence-electron chi connectivity index (χ4n) is 1.63. The summed E-state index contributed by atoms with van der Waals surface area (Å²) in [4.78, 5) is 11.8. The predicted molar refractivity (Wildman–Crippen MR) is 95.9 cm³/mol. The van der Waals surface area contributed by atoms with Gasteiger partial charge in [-0.05, 0) is 34.5 Å². The number of para-hydroxylation sites is 1. The van der Waals surface area contributed by atoms with Crippen molar-refractivity contribution in [3.05, 3.63) is 28.7 Å². The maximum Gasteiger partial charge on any atom is 0.231 e. The summed E-state index contributed by atoms with van der Waals surface area (Å²) in [5.41, 5.74) is 0. The molecule has 1 aromatic carbocycles. The van der Waals surface area contributed by atoms with E-state index in [0.717, 1.165) is 27.8 Å². The first-order valence-corrected chi connectivity index (χ1v) is 10.3. The van der Waals surface area contributed by atoms with Crippen LogP contribution in [0.25, 0.3) is 0 Å². The third-order valence-corrected chi connectivity index (χ3v) is 4.69. The average Bonchev–Trinajstić information content (AvgIpc) is 2.90. The molecule has 0 aliphatic heterocycles. The molecule has 24 heavy (non-hydrogen) atoms. The molecule has 1 aromatic heterocycles. The SMILES string of the molecule is CS(=O)(=O)Nc1nnc(NC(=O)CCCOc2ccccc2Br)s1. The Morgan fingerprint density at radius 3 is 2.71 bits per heavy atom. The van der Waals surface area contributed by atoms with E-state index in [1.807, 2.05) is 24.3 Å². The van der Waals surface area contributed by atoms with Gasteiger partial charge in [-0.1, -0.05) is 23.5 Å². The zero-order chi connectivity index (χ0) is 17.6. The van der Waals surface area contributed by atoms with Gasteiger partial charge in [-0.15, -0.1) is 10.2 Å². The van der Waals surface area contributed by atoms with E-state index < -0.39 is 10.0 Å². The number of benzene rings is 1. The summed E-state index contributed by atoms with van der Waals surface area (Å²) in [5.74, 6) is 0.478. The molecular weight excluding hydrogens is 420 g/mol. The number of carbonyl (C=O) groups excluding carboxylic acids is 1. The number of hydrogen-bond donors (Lipinski definition) is 2. The monoisotopic (exact) mass is 434 g/mol. The molecular formula is C13H15BrN4O4S2. The Morgan fingerprint density at radius 2 is 2.00 bits per heavy atom. The molecule has 2 N–H and O–H groups in total. The Balaban J connectivity index is 1.73. The van der Waals surface area contributed by atoms with Crippen LogP contribution in [0.4, 0.5) is 10.3 Å². The zero-order valence-corrected chi connectivity index (χ0v) is 15.9. The molecule has 0 saturated carbocycles. The standard InChI is InChI=1S/C13H15BrN4O4S2/c1-24(20,21)18-13-17-16-12(23-13)15-11(19)7-4-8-22-10-6-3-2-5-9(10)14/h2-3,5-6H,4,7-8H2,1H3,(H,17,18)(H,15,16,19). The van der Waals surface area contributed by atoms with Crippen molar-refractivity contribution in [1.82, 2.24) is 10.2 Å². The summed E-state index contributed by atoms with van der Waals surface area (Å²) in [5, 5.41) is 10.2. The van der Waals surface area contributed by atoms with Crippen molar-refractivity contribution in [2.45, 2.75) is 12.8 Å². The van der Waals surface area contributed by atoms with Crippen molar-refractivity contribution < 1.29 is 17.9 Å². The topological polar surface area (TPSA) is 110 Å². The molecule has 2 rings (SSSR count). The van der Waals surface area contributed by atoms with Crippen LogP contribution < -0.4 is 14.8 Å². The number of amides is 1. The Hall–Kier alpha value is -1.72. The second-order valence-electron chi connectivity index (χ2n) is 4.72. The van der Waals surface area contributed by atoms with Gasteiger partial charge in [-0.2, -0.15) is 0 Å². The molecule has 11 heteroatoms. The molecule has 0 saturated heterocycles. The summed E-state index contributed by atoms with van der Waals surface area (Å²) < 4.78 is 30.8. The number of nitrogens with zero attached hydrogens (tertiary/aromatic N) is 2. The van der Waals surface area contributed by atoms with Crippen LogP contribution in [0.15, 0.2) is 28.7 Å². The summed E-state index contributed by atoms with van der Waals surface area (Å²) in [6.07, 6.45) is 1.79. The first-order chi connectivity index (χ1) is 11.3. The van der Waals surface area contributed by atoms with Gasteiger partial charge >= 0.3 is 0 Å². The minimum absolute atomic E-state index is 0.102. The fraction of sp³-hybridized carbons (Fsp3) is 0.308. The van der Waals surface area contributed by atoms with Crippen molar-refractivity contribution in [1.29, 1.82) is 0 Å². The molecule has 2 aromatic rings. The van der Waals surface area contributed by atoms with Crippen molar-refractivity contribution in [3.8, 4) is 5.75 Å². The first-order valence-electron chi connectivity index (χ1n) is 6.82. The molecule has 0 unspecified atom stereocenters. The highest BCUT2D eigenvalue weighted by molar-refractivity contribution is 9.10. The third kappa shape index (κ3) is 6.42. The molecule has 0 spiro atoms. The quantitative estimate of drug-likeness (QED) is 0.617. The van der Waals surface area contributed by atoms with E-state index in [2.05, 4.69) is 36.2 Å². The Bertz CT molecular complexity index is 810. The van der Waals surface area contributed by atoms with Crippen LogP contribution in [0.3, 0.4) is 0 Å². The van der Waals surface area contributed by atoms with Gasteiger partial charge in [0.15, 0.2) is 0 Å². The van der Waals surface area contributed by atoms with Crippen molar-refractivity contribution in [2.75, 3.05) is 22.9 Å². The largest absolute Gasteiger partial charge is 0.492 e. The number of carbonyl (C=O) groups is 1. The lowest BCUT2D eigenvalue weighted by molar-refractivity contribution is -0.116. The maximum absolute atomic E-state index is 11.8. The number of ether oxygens (including phenoxy) is 1. The molecule has 0 atom stereocenters. The maximum atomic E-state index is 11.8. The van der Waals surface area contributed by atoms with E-state index in [4.69, 9.17) is 4.74 Å². The lowest BCUT2D eigenvalue weighted by atomic mass is 10.3. The molecule has 8 nitrogen and oxygen atoms in total. The first kappa shape index (κ1) is 18.6. The Labute approximate surface area is 151 Å². The van der Waals surface area contributed by atoms with Gasteiger partial charge in [0.25, 0.3) is 0 Å². The lowest BCUT2D eigenvalue weighted by Gasteiger charge is -2.07. The highest BCUT2D eigenvalue weighted by atomic mass is 79.9. The lowest BCUT2D eigenvalue weighted by Crippen LogP contribution is -2.12. The van der Waals surface area contributed by atoms with Crippen LogP contribution in [-0.2, 0) is 14.8 Å². The van der Waals surface area contributed by atoms with E-state index in [1.54, 1.807) is 0 Å². The second-order valence-corrected chi connectivity index (χ2v) is 8.30. The number of anilines is 2. The molecule has 1 heterocycles. The average molecular weight is 435 g/mol. The van der Waals surface area contributed by atoms with Crippen molar-refractivity contribution >= 4 is 53.5 Å². The summed E-state index contributed by atoms with van der Waals surface area (Å²) >= 11 is 4.32. The van der Waals surface area contributed by atoms with Gasteiger partial charge in [0, 0.05) is 6.42 Å². The van der Waals surface area contributed by atoms with Gasteiger partial charge in [-0.3, -0.25) is 9.52 Å². The Morgan fingerprint density at radius 1 is 1.29 bits per heavy atom. The van der Waals surface area contributed by atoms with E-state index in [-0.39, 0.29) is 22.6 Å². The number of aromatic nitrogens is 2. The second kappa shape index (κ2) is 8.40. The van der Waals surface area contributed by atoms with Crippen LogP contribution in [-0.4, -0.2) is 37.4 Å². The number of hydrogen-bond acceptors (Lipinski definition) is 7. The Kier molecular flexibility index (Phi) is 6.52. The number of sulfonamides is 1. The summed E-state index contributed by atoms with van der Waals surface area (Å²) in [6, 6.07) is 7.46. The van der Waals surface area contributed by atoms with Crippen LogP contribution in [0.2, 0.25) is 0 Å².